The third kappa shape index (κ3) is 1.85. The number of benzene rings is 1. The highest BCUT2D eigenvalue weighted by molar-refractivity contribution is 9.10. The maximum absolute atomic E-state index is 5.81. The van der Waals surface area contributed by atoms with E-state index in [1.54, 1.807) is 0 Å². The lowest BCUT2D eigenvalue weighted by atomic mass is 10.0. The van der Waals surface area contributed by atoms with Gasteiger partial charge in [-0.3, -0.25) is 5.10 Å². The van der Waals surface area contributed by atoms with Crippen LogP contribution in [0.25, 0.3) is 11.3 Å². The van der Waals surface area contributed by atoms with Gasteiger partial charge in [-0.1, -0.05) is 35.0 Å². The van der Waals surface area contributed by atoms with Crippen LogP contribution in [-0.2, 0) is 6.42 Å². The summed E-state index contributed by atoms with van der Waals surface area (Å²) in [6, 6.07) is 6.24. The molecule has 0 fully saturated rings. The standard InChI is InChI=1S/C12H14BrN3/c1-3-8-11(15-16-12(8)14)9-5-4-7(2)6-10(9)13/h4-6H,3H2,1-2H3,(H3,14,15,16). The van der Waals surface area contributed by atoms with Crippen LogP contribution in [-0.4, -0.2) is 10.2 Å². The van der Waals surface area contributed by atoms with Crippen molar-refractivity contribution in [2.45, 2.75) is 20.3 Å². The first kappa shape index (κ1) is 11.2. The van der Waals surface area contributed by atoms with Crippen LogP contribution in [0.5, 0.6) is 0 Å². The molecule has 2 aromatic rings. The fourth-order valence-electron chi connectivity index (χ4n) is 1.78. The van der Waals surface area contributed by atoms with Crippen molar-refractivity contribution in [3.8, 4) is 11.3 Å². The topological polar surface area (TPSA) is 54.7 Å². The molecule has 0 radical (unpaired) electrons. The second-order valence-corrected chi connectivity index (χ2v) is 4.65. The summed E-state index contributed by atoms with van der Waals surface area (Å²) in [5.74, 6) is 0.588. The molecule has 0 aliphatic heterocycles. The molecule has 4 heteroatoms. The van der Waals surface area contributed by atoms with Crippen LogP contribution < -0.4 is 5.73 Å². The van der Waals surface area contributed by atoms with Crippen molar-refractivity contribution < 1.29 is 0 Å². The van der Waals surface area contributed by atoms with Crippen LogP contribution in [0.1, 0.15) is 18.1 Å². The van der Waals surface area contributed by atoms with Gasteiger partial charge in [0.2, 0.25) is 0 Å². The van der Waals surface area contributed by atoms with Crippen LogP contribution in [0.15, 0.2) is 22.7 Å². The predicted molar refractivity (Wildman–Crippen MR) is 70.3 cm³/mol. The summed E-state index contributed by atoms with van der Waals surface area (Å²) >= 11 is 3.57. The van der Waals surface area contributed by atoms with E-state index < -0.39 is 0 Å². The van der Waals surface area contributed by atoms with Gasteiger partial charge in [-0.25, -0.2) is 0 Å². The Kier molecular flexibility index (Phi) is 3.01. The number of nitrogen functional groups attached to an aromatic ring is 1. The largest absolute Gasteiger partial charge is 0.382 e. The Morgan fingerprint density at radius 2 is 2.19 bits per heavy atom. The summed E-state index contributed by atoms with van der Waals surface area (Å²) in [6.45, 7) is 4.14. The Balaban J connectivity index is 2.58. The van der Waals surface area contributed by atoms with E-state index >= 15 is 0 Å². The molecule has 0 saturated carbocycles. The molecule has 0 spiro atoms. The lowest BCUT2D eigenvalue weighted by Crippen LogP contribution is -1.91. The maximum atomic E-state index is 5.81. The van der Waals surface area contributed by atoms with Gasteiger partial charge in [-0.15, -0.1) is 0 Å². The van der Waals surface area contributed by atoms with Crippen LogP contribution in [0.2, 0.25) is 0 Å². The Labute approximate surface area is 103 Å². The van der Waals surface area contributed by atoms with Crippen LogP contribution in [0.4, 0.5) is 5.82 Å². The number of hydrogen-bond acceptors (Lipinski definition) is 2. The van der Waals surface area contributed by atoms with Gasteiger partial charge >= 0.3 is 0 Å². The highest BCUT2D eigenvalue weighted by Gasteiger charge is 2.13. The molecule has 0 aliphatic carbocycles. The molecule has 0 saturated heterocycles. The van der Waals surface area contributed by atoms with E-state index in [2.05, 4.69) is 58.2 Å². The monoisotopic (exact) mass is 279 g/mol. The van der Waals surface area contributed by atoms with Gasteiger partial charge in [0.1, 0.15) is 5.82 Å². The van der Waals surface area contributed by atoms with Gasteiger partial charge in [0.25, 0.3) is 0 Å². The lowest BCUT2D eigenvalue weighted by Gasteiger charge is -2.05. The number of aromatic amines is 1. The molecule has 0 atom stereocenters. The zero-order chi connectivity index (χ0) is 11.7. The second kappa shape index (κ2) is 4.29. The molecule has 84 valence electrons. The third-order valence-electron chi connectivity index (χ3n) is 2.65. The smallest absolute Gasteiger partial charge is 0.149 e. The zero-order valence-corrected chi connectivity index (χ0v) is 10.9. The number of hydrogen-bond donors (Lipinski definition) is 2. The molecular weight excluding hydrogens is 266 g/mol. The molecule has 0 aliphatic rings. The fourth-order valence-corrected chi connectivity index (χ4v) is 2.47. The predicted octanol–water partition coefficient (Wildman–Crippen LogP) is 3.29. The Morgan fingerprint density at radius 3 is 2.81 bits per heavy atom. The summed E-state index contributed by atoms with van der Waals surface area (Å²) in [5.41, 5.74) is 10.2. The molecule has 0 amide bonds. The van der Waals surface area contributed by atoms with E-state index in [4.69, 9.17) is 5.73 Å². The molecule has 1 heterocycles. The lowest BCUT2D eigenvalue weighted by molar-refractivity contribution is 1.10. The summed E-state index contributed by atoms with van der Waals surface area (Å²) in [5, 5.41) is 7.06. The minimum atomic E-state index is 0.588. The van der Waals surface area contributed by atoms with Crippen molar-refractivity contribution in [2.75, 3.05) is 5.73 Å². The molecule has 16 heavy (non-hydrogen) atoms. The number of H-pyrrole nitrogens is 1. The van der Waals surface area contributed by atoms with Crippen LogP contribution in [0.3, 0.4) is 0 Å². The quantitative estimate of drug-likeness (QED) is 0.886. The van der Waals surface area contributed by atoms with Crippen molar-refractivity contribution in [1.29, 1.82) is 0 Å². The van der Waals surface area contributed by atoms with Gasteiger partial charge in [0, 0.05) is 15.6 Å². The number of nitrogens with one attached hydrogen (secondary N) is 1. The highest BCUT2D eigenvalue weighted by Crippen LogP contribution is 2.32. The van der Waals surface area contributed by atoms with Crippen molar-refractivity contribution in [3.63, 3.8) is 0 Å². The number of nitrogens with two attached hydrogens (primary N) is 1. The minimum absolute atomic E-state index is 0.588. The fraction of sp³-hybridized carbons (Fsp3) is 0.250. The van der Waals surface area contributed by atoms with E-state index in [-0.39, 0.29) is 0 Å². The average Bonchev–Trinajstić information content (AvgIpc) is 2.59. The van der Waals surface area contributed by atoms with Gasteiger partial charge in [-0.05, 0) is 25.0 Å². The average molecular weight is 280 g/mol. The van der Waals surface area contributed by atoms with E-state index in [1.807, 2.05) is 0 Å². The molecule has 3 N–H and O–H groups in total. The molecule has 0 bridgehead atoms. The molecule has 1 aromatic carbocycles. The SMILES string of the molecule is CCc1c(N)n[nH]c1-c1ccc(C)cc1Br. The minimum Gasteiger partial charge on any atom is -0.382 e. The van der Waals surface area contributed by atoms with Crippen molar-refractivity contribution in [1.82, 2.24) is 10.2 Å². The first-order chi connectivity index (χ1) is 7.63. The number of rotatable bonds is 2. The first-order valence-corrected chi connectivity index (χ1v) is 6.02. The number of halogens is 1. The second-order valence-electron chi connectivity index (χ2n) is 3.80. The van der Waals surface area contributed by atoms with E-state index in [0.29, 0.717) is 5.82 Å². The molecule has 2 rings (SSSR count). The summed E-state index contributed by atoms with van der Waals surface area (Å²) < 4.78 is 1.06. The number of nitrogens with zero attached hydrogens (tertiary/aromatic N) is 1. The molecule has 1 aromatic heterocycles. The van der Waals surface area contributed by atoms with Crippen LogP contribution in [0, 0.1) is 6.92 Å². The molecule has 0 unspecified atom stereocenters. The maximum Gasteiger partial charge on any atom is 0.149 e. The highest BCUT2D eigenvalue weighted by atomic mass is 79.9. The Morgan fingerprint density at radius 1 is 1.44 bits per heavy atom. The molecular formula is C12H14BrN3. The number of aromatic nitrogens is 2. The molecule has 3 nitrogen and oxygen atoms in total. The number of anilines is 1. The Bertz CT molecular complexity index is 517. The van der Waals surface area contributed by atoms with Crippen molar-refractivity contribution in [3.05, 3.63) is 33.8 Å². The van der Waals surface area contributed by atoms with E-state index in [0.717, 1.165) is 27.7 Å². The van der Waals surface area contributed by atoms with Gasteiger partial charge in [0.05, 0.1) is 5.69 Å². The van der Waals surface area contributed by atoms with Gasteiger partial charge in [-0.2, -0.15) is 5.10 Å². The summed E-state index contributed by atoms with van der Waals surface area (Å²) in [6.07, 6.45) is 0.873. The van der Waals surface area contributed by atoms with E-state index in [9.17, 15) is 0 Å². The van der Waals surface area contributed by atoms with Crippen LogP contribution >= 0.6 is 15.9 Å². The first-order valence-electron chi connectivity index (χ1n) is 5.22. The summed E-state index contributed by atoms with van der Waals surface area (Å²) in [4.78, 5) is 0. The zero-order valence-electron chi connectivity index (χ0n) is 9.34. The number of aryl methyl sites for hydroxylation is 1. The van der Waals surface area contributed by atoms with Gasteiger partial charge < -0.3 is 5.73 Å². The van der Waals surface area contributed by atoms with E-state index in [1.165, 1.54) is 5.56 Å². The summed E-state index contributed by atoms with van der Waals surface area (Å²) in [7, 11) is 0. The van der Waals surface area contributed by atoms with Gasteiger partial charge in [0.15, 0.2) is 0 Å². The Hall–Kier alpha value is -1.29. The van der Waals surface area contributed by atoms with Crippen molar-refractivity contribution >= 4 is 21.7 Å². The third-order valence-corrected chi connectivity index (χ3v) is 3.30. The van der Waals surface area contributed by atoms with Crippen molar-refractivity contribution in [2.24, 2.45) is 0 Å². The normalized spacial score (nSPS) is 10.7.